The molecular weight excluding hydrogens is 381 g/mol. The number of nitrogens with one attached hydrogen (secondary N) is 2. The van der Waals surface area contributed by atoms with Crippen molar-refractivity contribution in [3.05, 3.63) is 68.2 Å². The second-order valence-corrected chi connectivity index (χ2v) is 7.02. The molecule has 0 aromatic heterocycles. The highest BCUT2D eigenvalue weighted by Crippen LogP contribution is 2.22. The van der Waals surface area contributed by atoms with Gasteiger partial charge in [0.25, 0.3) is 21.6 Å². The average Bonchev–Trinajstić information content (AvgIpc) is 2.52. The topological polar surface area (TPSA) is 118 Å². The monoisotopic (exact) mass is 389 g/mol. The van der Waals surface area contributed by atoms with Crippen molar-refractivity contribution in [3.8, 4) is 0 Å². The number of carbonyl (C=O) groups is 1. The number of benzene rings is 2. The fourth-order valence-electron chi connectivity index (χ4n) is 1.66. The van der Waals surface area contributed by atoms with E-state index in [9.17, 15) is 23.3 Å². The van der Waals surface area contributed by atoms with Crippen LogP contribution in [0.15, 0.2) is 47.4 Å². The second-order valence-electron chi connectivity index (χ2n) is 4.47. The minimum absolute atomic E-state index is 0.0347. The largest absolute Gasteiger partial charge is 0.273 e. The lowest BCUT2D eigenvalue weighted by molar-refractivity contribution is -0.384. The van der Waals surface area contributed by atoms with Gasteiger partial charge in [0, 0.05) is 27.7 Å². The summed E-state index contributed by atoms with van der Waals surface area (Å²) in [5.74, 6) is -0.790. The lowest BCUT2D eigenvalue weighted by atomic mass is 10.2. The molecule has 2 aromatic carbocycles. The summed E-state index contributed by atoms with van der Waals surface area (Å²) in [4.78, 5) is 23.5. The van der Waals surface area contributed by atoms with Crippen LogP contribution in [0.25, 0.3) is 0 Å². The summed E-state index contributed by atoms with van der Waals surface area (Å²) >= 11 is 11.5. The minimum Gasteiger partial charge on any atom is -0.273 e. The Morgan fingerprint density at radius 3 is 2.08 bits per heavy atom. The van der Waals surface area contributed by atoms with E-state index in [1.807, 2.05) is 10.3 Å². The molecule has 2 aromatic rings. The van der Waals surface area contributed by atoms with E-state index in [2.05, 4.69) is 0 Å². The van der Waals surface area contributed by atoms with Gasteiger partial charge in [-0.05, 0) is 30.3 Å². The molecule has 2 rings (SSSR count). The maximum absolute atomic E-state index is 12.1. The molecule has 8 nitrogen and oxygen atoms in total. The van der Waals surface area contributed by atoms with Crippen molar-refractivity contribution in [1.82, 2.24) is 10.3 Å². The van der Waals surface area contributed by atoms with E-state index in [1.54, 1.807) is 0 Å². The zero-order valence-electron chi connectivity index (χ0n) is 11.7. The third-order valence-corrected chi connectivity index (χ3v) is 4.45. The number of amides is 1. The normalized spacial score (nSPS) is 11.1. The summed E-state index contributed by atoms with van der Waals surface area (Å²) in [6.45, 7) is 0. The Hall–Kier alpha value is -2.20. The fraction of sp³-hybridized carbons (Fsp3) is 0. The van der Waals surface area contributed by atoms with Crippen LogP contribution in [-0.4, -0.2) is 19.2 Å². The number of hydrogen-bond acceptors (Lipinski definition) is 5. The lowest BCUT2D eigenvalue weighted by Gasteiger charge is -2.09. The number of nitro benzene ring substituents is 1. The first-order chi connectivity index (χ1) is 11.2. The summed E-state index contributed by atoms with van der Waals surface area (Å²) in [6, 6.07) is 8.32. The van der Waals surface area contributed by atoms with E-state index in [4.69, 9.17) is 23.2 Å². The Kier molecular flexibility index (Phi) is 5.40. The van der Waals surface area contributed by atoms with E-state index in [0.29, 0.717) is 0 Å². The van der Waals surface area contributed by atoms with E-state index < -0.39 is 20.9 Å². The van der Waals surface area contributed by atoms with Gasteiger partial charge < -0.3 is 0 Å². The van der Waals surface area contributed by atoms with E-state index in [0.717, 1.165) is 24.3 Å². The molecule has 0 radical (unpaired) electrons. The molecule has 0 spiro atoms. The molecule has 126 valence electrons. The van der Waals surface area contributed by atoms with Gasteiger partial charge in [0.05, 0.1) is 9.82 Å². The van der Waals surface area contributed by atoms with Crippen LogP contribution in [0.5, 0.6) is 0 Å². The maximum Gasteiger partial charge on any atom is 0.269 e. The Bertz CT molecular complexity index is 880. The highest BCUT2D eigenvalue weighted by atomic mass is 35.5. The number of non-ortho nitro benzene ring substituents is 1. The van der Waals surface area contributed by atoms with Gasteiger partial charge in [-0.15, -0.1) is 4.83 Å². The minimum atomic E-state index is -4.09. The van der Waals surface area contributed by atoms with Crippen molar-refractivity contribution in [2.45, 2.75) is 4.90 Å². The van der Waals surface area contributed by atoms with Crippen molar-refractivity contribution in [2.75, 3.05) is 0 Å². The number of sulfonamides is 1. The Morgan fingerprint density at radius 2 is 1.58 bits per heavy atom. The van der Waals surface area contributed by atoms with Gasteiger partial charge in [-0.3, -0.25) is 20.3 Å². The van der Waals surface area contributed by atoms with Crippen molar-refractivity contribution in [2.24, 2.45) is 0 Å². The Balaban J connectivity index is 2.11. The average molecular weight is 390 g/mol. The number of hydrazine groups is 1. The molecule has 0 atom stereocenters. The number of rotatable bonds is 5. The zero-order valence-corrected chi connectivity index (χ0v) is 14.0. The third kappa shape index (κ3) is 4.42. The molecule has 0 unspecified atom stereocenters. The van der Waals surface area contributed by atoms with Crippen molar-refractivity contribution < 1.29 is 18.1 Å². The standard InChI is InChI=1S/C13H9Cl2N3O5S/c14-9-5-10(15)7-12(6-9)24(22,23)17-16-13(19)8-1-3-11(4-2-8)18(20)21/h1-7,17H,(H,16,19). The van der Waals surface area contributed by atoms with Crippen LogP contribution in [0.1, 0.15) is 10.4 Å². The van der Waals surface area contributed by atoms with Crippen LogP contribution in [0.4, 0.5) is 5.69 Å². The number of nitrogens with zero attached hydrogens (tertiary/aromatic N) is 1. The van der Waals surface area contributed by atoms with Crippen LogP contribution < -0.4 is 10.3 Å². The highest BCUT2D eigenvalue weighted by Gasteiger charge is 2.17. The SMILES string of the molecule is O=C(NNS(=O)(=O)c1cc(Cl)cc(Cl)c1)c1ccc([N+](=O)[O-])cc1. The first-order valence-electron chi connectivity index (χ1n) is 6.22. The number of carbonyl (C=O) groups excluding carboxylic acids is 1. The first-order valence-corrected chi connectivity index (χ1v) is 8.45. The number of hydrogen-bond donors (Lipinski definition) is 2. The number of nitro groups is 1. The van der Waals surface area contributed by atoms with Crippen LogP contribution in [0, 0.1) is 10.1 Å². The smallest absolute Gasteiger partial charge is 0.269 e. The van der Waals surface area contributed by atoms with Crippen LogP contribution in [0.2, 0.25) is 10.0 Å². The van der Waals surface area contributed by atoms with Gasteiger partial charge in [-0.1, -0.05) is 23.2 Å². The van der Waals surface area contributed by atoms with Gasteiger partial charge in [-0.2, -0.15) is 0 Å². The quantitative estimate of drug-likeness (QED) is 0.601. The summed E-state index contributed by atoms with van der Waals surface area (Å²) < 4.78 is 24.2. The Labute approximate surface area is 146 Å². The predicted molar refractivity (Wildman–Crippen MR) is 87.3 cm³/mol. The molecule has 0 saturated heterocycles. The molecule has 0 aliphatic carbocycles. The molecule has 0 bridgehead atoms. The lowest BCUT2D eigenvalue weighted by Crippen LogP contribution is -2.41. The molecule has 0 saturated carbocycles. The van der Waals surface area contributed by atoms with E-state index in [1.165, 1.54) is 18.2 Å². The molecule has 0 heterocycles. The van der Waals surface area contributed by atoms with Gasteiger partial charge >= 0.3 is 0 Å². The first kappa shape index (κ1) is 18.1. The molecule has 0 aliphatic rings. The molecule has 0 aliphatic heterocycles. The summed E-state index contributed by atoms with van der Waals surface area (Å²) in [7, 11) is -4.09. The van der Waals surface area contributed by atoms with Crippen molar-refractivity contribution in [1.29, 1.82) is 0 Å². The van der Waals surface area contributed by atoms with Gasteiger partial charge in [-0.25, -0.2) is 8.42 Å². The molecule has 2 N–H and O–H groups in total. The predicted octanol–water partition coefficient (Wildman–Crippen LogP) is 2.52. The Morgan fingerprint density at radius 1 is 1.04 bits per heavy atom. The third-order valence-electron chi connectivity index (χ3n) is 2.79. The van der Waals surface area contributed by atoms with Crippen LogP contribution in [-0.2, 0) is 10.0 Å². The summed E-state index contributed by atoms with van der Waals surface area (Å²) in [5, 5.41) is 10.8. The van der Waals surface area contributed by atoms with E-state index in [-0.39, 0.29) is 26.2 Å². The van der Waals surface area contributed by atoms with E-state index >= 15 is 0 Å². The number of halogens is 2. The fourth-order valence-corrected chi connectivity index (χ4v) is 3.23. The molecule has 0 fully saturated rings. The van der Waals surface area contributed by atoms with Gasteiger partial charge in [0.2, 0.25) is 0 Å². The molecular formula is C13H9Cl2N3O5S. The van der Waals surface area contributed by atoms with Crippen LogP contribution in [0.3, 0.4) is 0 Å². The zero-order chi connectivity index (χ0) is 17.9. The molecule has 24 heavy (non-hydrogen) atoms. The van der Waals surface area contributed by atoms with Gasteiger partial charge in [0.15, 0.2) is 0 Å². The van der Waals surface area contributed by atoms with Crippen molar-refractivity contribution >= 4 is 44.8 Å². The van der Waals surface area contributed by atoms with Crippen molar-refractivity contribution in [3.63, 3.8) is 0 Å². The highest BCUT2D eigenvalue weighted by molar-refractivity contribution is 7.89. The summed E-state index contributed by atoms with van der Waals surface area (Å²) in [6.07, 6.45) is 0. The summed E-state index contributed by atoms with van der Waals surface area (Å²) in [5.41, 5.74) is 1.83. The molecule has 11 heteroatoms. The molecule has 1 amide bonds. The van der Waals surface area contributed by atoms with Gasteiger partial charge in [0.1, 0.15) is 0 Å². The second kappa shape index (κ2) is 7.14. The maximum atomic E-state index is 12.1. The van der Waals surface area contributed by atoms with Crippen LogP contribution >= 0.6 is 23.2 Å².